The molecule has 4 aromatic heterocycles. The maximum Gasteiger partial charge on any atom is 0.186 e. The number of nitrogens with one attached hydrogen (secondary N) is 1. The second-order valence-electron chi connectivity index (χ2n) is 7.60. The molecule has 0 fully saturated rings. The Bertz CT molecular complexity index is 1400. The topological polar surface area (TPSA) is 107 Å². The van der Waals surface area contributed by atoms with Crippen LogP contribution in [0.1, 0.15) is 27.4 Å². The van der Waals surface area contributed by atoms with Crippen LogP contribution in [0.15, 0.2) is 36.8 Å². The van der Waals surface area contributed by atoms with E-state index in [-0.39, 0.29) is 0 Å². The van der Waals surface area contributed by atoms with E-state index in [0.717, 1.165) is 44.1 Å². The summed E-state index contributed by atoms with van der Waals surface area (Å²) in [7, 11) is 0. The number of thiazole rings is 1. The lowest BCUT2D eigenvalue weighted by molar-refractivity contribution is 0.694. The first kappa shape index (κ1) is 19.4. The fourth-order valence-electron chi connectivity index (χ4n) is 3.81. The molecule has 9 heteroatoms. The molecule has 0 aliphatic carbocycles. The summed E-state index contributed by atoms with van der Waals surface area (Å²) in [6.07, 6.45) is 3.52. The zero-order valence-corrected chi connectivity index (χ0v) is 18.4. The predicted molar refractivity (Wildman–Crippen MR) is 124 cm³/mol. The number of nitrogens with zero attached hydrogens (tertiary/aromatic N) is 6. The van der Waals surface area contributed by atoms with E-state index in [1.807, 2.05) is 37.7 Å². The van der Waals surface area contributed by atoms with Crippen LogP contribution in [0.4, 0.5) is 11.6 Å². The first-order valence-corrected chi connectivity index (χ1v) is 10.8. The number of aromatic nitrogens is 6. The third-order valence-corrected chi connectivity index (χ3v) is 6.23. The molecule has 0 amide bonds. The van der Waals surface area contributed by atoms with Crippen LogP contribution in [0.25, 0.3) is 21.3 Å². The first-order valence-electron chi connectivity index (χ1n) is 9.97. The minimum atomic E-state index is 0.537. The van der Waals surface area contributed by atoms with Crippen molar-refractivity contribution in [3.63, 3.8) is 0 Å². The average molecular weight is 431 g/mol. The highest BCUT2D eigenvalue weighted by Gasteiger charge is 2.11. The minimum absolute atomic E-state index is 0.537. The lowest BCUT2D eigenvalue weighted by Crippen LogP contribution is -2.08. The number of aryl methyl sites for hydroxylation is 3. The van der Waals surface area contributed by atoms with Crippen molar-refractivity contribution >= 4 is 44.2 Å². The van der Waals surface area contributed by atoms with Crippen molar-refractivity contribution in [3.8, 4) is 0 Å². The van der Waals surface area contributed by atoms with Gasteiger partial charge in [-0.15, -0.1) is 11.3 Å². The maximum atomic E-state index is 5.84. The van der Waals surface area contributed by atoms with Gasteiger partial charge in [0.15, 0.2) is 5.65 Å². The fourth-order valence-corrected chi connectivity index (χ4v) is 4.61. The molecule has 0 radical (unpaired) electrons. The molecule has 0 unspecified atom stereocenters. The number of benzene rings is 1. The molecular formula is C22H22N8S. The fraction of sp³-hybridized carbons (Fsp3) is 0.227. The molecule has 0 aliphatic rings. The Morgan fingerprint density at radius 3 is 2.81 bits per heavy atom. The van der Waals surface area contributed by atoms with Crippen molar-refractivity contribution in [2.45, 2.75) is 33.9 Å². The van der Waals surface area contributed by atoms with Gasteiger partial charge in [0, 0.05) is 18.4 Å². The highest BCUT2D eigenvalue weighted by atomic mass is 32.1. The van der Waals surface area contributed by atoms with Crippen molar-refractivity contribution in [1.29, 1.82) is 0 Å². The smallest absolute Gasteiger partial charge is 0.186 e. The van der Waals surface area contributed by atoms with Crippen LogP contribution in [0.3, 0.4) is 0 Å². The van der Waals surface area contributed by atoms with E-state index in [1.165, 1.54) is 11.0 Å². The summed E-state index contributed by atoms with van der Waals surface area (Å²) in [5, 5.41) is 10.0. The van der Waals surface area contributed by atoms with Crippen molar-refractivity contribution in [2.24, 2.45) is 0 Å². The highest BCUT2D eigenvalue weighted by Crippen LogP contribution is 2.24. The number of nitrogen functional groups attached to an aromatic ring is 1. The van der Waals surface area contributed by atoms with Crippen molar-refractivity contribution in [2.75, 3.05) is 11.1 Å². The molecule has 0 spiro atoms. The van der Waals surface area contributed by atoms with Gasteiger partial charge in [0.2, 0.25) is 0 Å². The van der Waals surface area contributed by atoms with Crippen LogP contribution in [-0.2, 0) is 13.1 Å². The maximum absolute atomic E-state index is 5.84. The Morgan fingerprint density at radius 1 is 1.10 bits per heavy atom. The minimum Gasteiger partial charge on any atom is -0.384 e. The third-order valence-electron chi connectivity index (χ3n) is 5.27. The quantitative estimate of drug-likeness (QED) is 0.434. The summed E-state index contributed by atoms with van der Waals surface area (Å²) in [5.41, 5.74) is 11.8. The Balaban J connectivity index is 1.40. The molecule has 0 saturated heterocycles. The van der Waals surface area contributed by atoms with E-state index < -0.39 is 0 Å². The summed E-state index contributed by atoms with van der Waals surface area (Å²) in [5.74, 6) is 1.29. The Kier molecular flexibility index (Phi) is 4.74. The van der Waals surface area contributed by atoms with Crippen LogP contribution in [0.5, 0.6) is 0 Å². The van der Waals surface area contributed by atoms with Gasteiger partial charge < -0.3 is 11.1 Å². The molecule has 4 heterocycles. The summed E-state index contributed by atoms with van der Waals surface area (Å²) in [6, 6.07) is 8.25. The van der Waals surface area contributed by atoms with Crippen molar-refractivity contribution in [1.82, 2.24) is 29.7 Å². The summed E-state index contributed by atoms with van der Waals surface area (Å²) >= 11 is 1.71. The van der Waals surface area contributed by atoms with E-state index >= 15 is 0 Å². The number of fused-ring (bicyclic) bond motifs is 2. The largest absolute Gasteiger partial charge is 0.384 e. The molecule has 0 saturated carbocycles. The highest BCUT2D eigenvalue weighted by molar-refractivity contribution is 7.18. The van der Waals surface area contributed by atoms with Gasteiger partial charge in [0.05, 0.1) is 27.2 Å². The average Bonchev–Trinajstić information content (AvgIpc) is 3.29. The number of hydrogen-bond acceptors (Lipinski definition) is 8. The first-order chi connectivity index (χ1) is 15.0. The molecule has 156 valence electrons. The van der Waals surface area contributed by atoms with Crippen LogP contribution < -0.4 is 11.1 Å². The van der Waals surface area contributed by atoms with Crippen LogP contribution in [0, 0.1) is 20.8 Å². The van der Waals surface area contributed by atoms with E-state index in [1.54, 1.807) is 11.3 Å². The monoisotopic (exact) mass is 430 g/mol. The Morgan fingerprint density at radius 2 is 1.97 bits per heavy atom. The zero-order chi connectivity index (χ0) is 21.5. The van der Waals surface area contributed by atoms with Gasteiger partial charge in [-0.25, -0.2) is 19.9 Å². The normalized spacial score (nSPS) is 11.5. The van der Waals surface area contributed by atoms with Crippen LogP contribution >= 0.6 is 11.3 Å². The van der Waals surface area contributed by atoms with Crippen LogP contribution in [-0.4, -0.2) is 29.7 Å². The van der Waals surface area contributed by atoms with E-state index in [4.69, 9.17) is 5.73 Å². The van der Waals surface area contributed by atoms with Gasteiger partial charge >= 0.3 is 0 Å². The van der Waals surface area contributed by atoms with Crippen molar-refractivity contribution < 1.29 is 0 Å². The number of rotatable bonds is 5. The van der Waals surface area contributed by atoms with Gasteiger partial charge in [0.25, 0.3) is 0 Å². The molecule has 0 aliphatic heterocycles. The molecule has 3 N–H and O–H groups in total. The molecule has 0 bridgehead atoms. The standard InChI is InChI=1S/C22H22N8S/c1-12-6-20(23)27-13(2)16(12)8-24-21-17-10-30(29-22(17)26-11-25-21)9-15-4-5-19-18(7-15)28-14(3)31-19/h4-7,10-11H,8-9H2,1-3H3,(H2,23,27)(H,24,25,26,29). The second-order valence-corrected chi connectivity index (χ2v) is 8.84. The van der Waals surface area contributed by atoms with Crippen LogP contribution in [0.2, 0.25) is 0 Å². The number of pyridine rings is 1. The summed E-state index contributed by atoms with van der Waals surface area (Å²) in [4.78, 5) is 17.7. The predicted octanol–water partition coefficient (Wildman–Crippen LogP) is 4.00. The van der Waals surface area contributed by atoms with Gasteiger partial charge in [0.1, 0.15) is 18.0 Å². The molecule has 0 atom stereocenters. The van der Waals surface area contributed by atoms with Gasteiger partial charge in [-0.2, -0.15) is 5.10 Å². The molecular weight excluding hydrogens is 408 g/mol. The lowest BCUT2D eigenvalue weighted by atomic mass is 10.1. The van der Waals surface area contributed by atoms with E-state index in [0.29, 0.717) is 24.6 Å². The molecule has 31 heavy (non-hydrogen) atoms. The summed E-state index contributed by atoms with van der Waals surface area (Å²) in [6.45, 7) is 7.27. The third kappa shape index (κ3) is 3.79. The van der Waals surface area contributed by atoms with Gasteiger partial charge in [-0.05, 0) is 55.7 Å². The Labute approximate surface area is 183 Å². The Hall–Kier alpha value is -3.59. The van der Waals surface area contributed by atoms with E-state index in [2.05, 4.69) is 48.6 Å². The molecule has 5 rings (SSSR count). The van der Waals surface area contributed by atoms with Gasteiger partial charge in [-0.3, -0.25) is 4.68 Å². The number of hydrogen-bond donors (Lipinski definition) is 2. The molecule has 1 aromatic carbocycles. The lowest BCUT2D eigenvalue weighted by Gasteiger charge is -2.12. The molecule has 8 nitrogen and oxygen atoms in total. The van der Waals surface area contributed by atoms with Crippen molar-refractivity contribution in [3.05, 3.63) is 64.2 Å². The summed E-state index contributed by atoms with van der Waals surface area (Å²) < 4.78 is 3.10. The zero-order valence-electron chi connectivity index (χ0n) is 17.5. The van der Waals surface area contributed by atoms with Gasteiger partial charge in [-0.1, -0.05) is 6.07 Å². The molecule has 5 aromatic rings. The SMILES string of the molecule is Cc1nc2cc(Cn3cc4c(NCc5c(C)cc(N)nc5C)ncnc4n3)ccc2s1. The van der Waals surface area contributed by atoms with E-state index in [9.17, 15) is 0 Å². The second kappa shape index (κ2) is 7.59. The number of nitrogens with two attached hydrogens (primary N) is 1. The number of anilines is 2.